The van der Waals surface area contributed by atoms with Crippen LogP contribution in [-0.2, 0) is 22.6 Å². The number of anilines is 2. The van der Waals surface area contributed by atoms with Gasteiger partial charge < -0.3 is 19.6 Å². The van der Waals surface area contributed by atoms with Crippen LogP contribution in [-0.4, -0.2) is 42.1 Å². The van der Waals surface area contributed by atoms with Crippen molar-refractivity contribution in [1.82, 2.24) is 4.90 Å². The van der Waals surface area contributed by atoms with Crippen molar-refractivity contribution >= 4 is 23.3 Å². The van der Waals surface area contributed by atoms with Gasteiger partial charge in [0, 0.05) is 25.7 Å². The van der Waals surface area contributed by atoms with Crippen molar-refractivity contribution in [3.8, 4) is 5.75 Å². The van der Waals surface area contributed by atoms with Crippen LogP contribution in [0.1, 0.15) is 28.2 Å². The molecule has 1 unspecified atom stereocenters. The van der Waals surface area contributed by atoms with Crippen LogP contribution in [0, 0.1) is 0 Å². The van der Waals surface area contributed by atoms with Crippen LogP contribution >= 0.6 is 0 Å². The monoisotopic (exact) mass is 506 g/mol. The largest absolute Gasteiger partial charge is 0.495 e. The molecule has 1 aliphatic rings. The number of carboxylic acid groups (broad SMARTS) is 1. The summed E-state index contributed by atoms with van der Waals surface area (Å²) in [7, 11) is 3.56. The molecule has 38 heavy (non-hydrogen) atoms. The van der Waals surface area contributed by atoms with Gasteiger partial charge in [-0.2, -0.15) is 0 Å². The minimum atomic E-state index is -1.03. The van der Waals surface area contributed by atoms with Crippen LogP contribution < -0.4 is 9.64 Å². The summed E-state index contributed by atoms with van der Waals surface area (Å²) >= 11 is 0. The SMILES string of the molecule is COc1ccc2c(c1N(C)c1ccccc1)CC(C(=O)O)N(C(=O)C(c1ccccc1)c1ccccc1)C2. The first-order valence-corrected chi connectivity index (χ1v) is 12.6. The quantitative estimate of drug-likeness (QED) is 0.352. The topological polar surface area (TPSA) is 70.1 Å². The van der Waals surface area contributed by atoms with Crippen molar-refractivity contribution in [2.24, 2.45) is 0 Å². The molecule has 6 nitrogen and oxygen atoms in total. The molecule has 1 amide bonds. The molecule has 4 aromatic rings. The van der Waals surface area contributed by atoms with Gasteiger partial charge in [0.1, 0.15) is 11.8 Å². The number of methoxy groups -OCH3 is 1. The maximum absolute atomic E-state index is 14.2. The zero-order valence-corrected chi connectivity index (χ0v) is 21.5. The van der Waals surface area contributed by atoms with Gasteiger partial charge in [0.05, 0.1) is 18.7 Å². The number of rotatable bonds is 7. The van der Waals surface area contributed by atoms with Crippen LogP contribution in [0.2, 0.25) is 0 Å². The zero-order valence-electron chi connectivity index (χ0n) is 21.5. The maximum Gasteiger partial charge on any atom is 0.326 e. The van der Waals surface area contributed by atoms with Gasteiger partial charge in [-0.3, -0.25) is 4.79 Å². The molecule has 4 aromatic carbocycles. The maximum atomic E-state index is 14.2. The Morgan fingerprint density at radius 2 is 1.42 bits per heavy atom. The van der Waals surface area contributed by atoms with E-state index in [9.17, 15) is 14.7 Å². The lowest BCUT2D eigenvalue weighted by Gasteiger charge is -2.39. The van der Waals surface area contributed by atoms with Gasteiger partial charge in [-0.15, -0.1) is 0 Å². The Balaban J connectivity index is 1.59. The molecular weight excluding hydrogens is 476 g/mol. The highest BCUT2D eigenvalue weighted by Gasteiger charge is 2.40. The molecule has 1 atom stereocenters. The normalized spacial score (nSPS) is 14.6. The van der Waals surface area contributed by atoms with Crippen LogP contribution in [0.15, 0.2) is 103 Å². The third-order valence-corrected chi connectivity index (χ3v) is 7.24. The number of carbonyl (C=O) groups excluding carboxylic acids is 1. The number of para-hydroxylation sites is 1. The Kier molecular flexibility index (Phi) is 7.13. The Hall–Kier alpha value is -4.58. The van der Waals surface area contributed by atoms with Gasteiger partial charge in [-0.25, -0.2) is 4.79 Å². The number of fused-ring (bicyclic) bond motifs is 1. The second kappa shape index (κ2) is 10.8. The molecule has 0 aromatic heterocycles. The molecule has 192 valence electrons. The summed E-state index contributed by atoms with van der Waals surface area (Å²) in [5.41, 5.74) is 5.23. The highest BCUT2D eigenvalue weighted by atomic mass is 16.5. The first-order valence-electron chi connectivity index (χ1n) is 12.6. The molecule has 1 aliphatic heterocycles. The Bertz CT molecular complexity index is 1380. The number of amides is 1. The smallest absolute Gasteiger partial charge is 0.326 e. The highest BCUT2D eigenvalue weighted by molar-refractivity contribution is 5.92. The molecule has 0 spiro atoms. The van der Waals surface area contributed by atoms with E-state index in [0.29, 0.717) is 5.75 Å². The van der Waals surface area contributed by atoms with Gasteiger partial charge in [0.2, 0.25) is 5.91 Å². The first-order chi connectivity index (χ1) is 18.5. The van der Waals surface area contributed by atoms with Gasteiger partial charge in [0.25, 0.3) is 0 Å². The summed E-state index contributed by atoms with van der Waals surface area (Å²) in [4.78, 5) is 30.4. The minimum Gasteiger partial charge on any atom is -0.495 e. The molecule has 6 heteroatoms. The van der Waals surface area contributed by atoms with Gasteiger partial charge in [-0.05, 0) is 40.5 Å². The van der Waals surface area contributed by atoms with Gasteiger partial charge in [0.15, 0.2) is 0 Å². The lowest BCUT2D eigenvalue weighted by atomic mass is 9.86. The summed E-state index contributed by atoms with van der Waals surface area (Å²) in [5.74, 6) is -1.20. The van der Waals surface area contributed by atoms with Crippen LogP contribution in [0.5, 0.6) is 5.75 Å². The van der Waals surface area contributed by atoms with E-state index in [-0.39, 0.29) is 18.9 Å². The number of nitrogens with zero attached hydrogens (tertiary/aromatic N) is 2. The summed E-state index contributed by atoms with van der Waals surface area (Å²) in [5, 5.41) is 10.3. The average Bonchev–Trinajstić information content (AvgIpc) is 2.97. The summed E-state index contributed by atoms with van der Waals surface area (Å²) in [6.45, 7) is 0.195. The second-order valence-corrected chi connectivity index (χ2v) is 9.43. The summed E-state index contributed by atoms with van der Waals surface area (Å²) in [6, 6.07) is 31.8. The van der Waals surface area contributed by atoms with E-state index in [1.54, 1.807) is 7.11 Å². The Labute approximate surface area is 222 Å². The Morgan fingerprint density at radius 1 is 0.868 bits per heavy atom. The number of ether oxygens (including phenoxy) is 1. The highest BCUT2D eigenvalue weighted by Crippen LogP contribution is 2.42. The predicted octanol–water partition coefficient (Wildman–Crippen LogP) is 5.63. The number of carbonyl (C=O) groups is 2. The fourth-order valence-corrected chi connectivity index (χ4v) is 5.33. The third kappa shape index (κ3) is 4.73. The number of aliphatic carboxylic acids is 1. The number of benzene rings is 4. The standard InChI is InChI=1S/C32H30N2O4/c1-33(25-16-10-5-11-17-25)30-26-20-27(32(36)37)34(21-24(26)18-19-28(30)38-2)31(35)29(22-12-6-3-7-13-22)23-14-8-4-9-15-23/h3-19,27,29H,20-21H2,1-2H3,(H,36,37). The van der Waals surface area contributed by atoms with Crippen molar-refractivity contribution in [2.75, 3.05) is 19.1 Å². The summed E-state index contributed by atoms with van der Waals surface area (Å²) < 4.78 is 5.71. The van der Waals surface area contributed by atoms with Crippen molar-refractivity contribution in [2.45, 2.75) is 24.9 Å². The number of carboxylic acids is 1. The molecule has 1 heterocycles. The van der Waals surface area contributed by atoms with Crippen LogP contribution in [0.3, 0.4) is 0 Å². The second-order valence-electron chi connectivity index (χ2n) is 9.43. The van der Waals surface area contributed by atoms with E-state index in [0.717, 1.165) is 33.6 Å². The fraction of sp³-hybridized carbons (Fsp3) is 0.188. The Morgan fingerprint density at radius 3 is 1.95 bits per heavy atom. The average molecular weight is 507 g/mol. The first kappa shape index (κ1) is 25.1. The predicted molar refractivity (Wildman–Crippen MR) is 148 cm³/mol. The van der Waals surface area contributed by atoms with Crippen molar-refractivity contribution in [3.05, 3.63) is 125 Å². The fourth-order valence-electron chi connectivity index (χ4n) is 5.33. The van der Waals surface area contributed by atoms with Crippen molar-refractivity contribution in [1.29, 1.82) is 0 Å². The summed E-state index contributed by atoms with van der Waals surface area (Å²) in [6.07, 6.45) is 0.177. The molecule has 0 fully saturated rings. The molecule has 0 saturated carbocycles. The lowest BCUT2D eigenvalue weighted by Crippen LogP contribution is -2.50. The molecule has 1 N–H and O–H groups in total. The number of hydrogen-bond acceptors (Lipinski definition) is 4. The van der Waals surface area contributed by atoms with Crippen molar-refractivity contribution < 1.29 is 19.4 Å². The molecule has 5 rings (SSSR count). The van der Waals surface area contributed by atoms with Crippen LogP contribution in [0.25, 0.3) is 0 Å². The number of hydrogen-bond donors (Lipinski definition) is 1. The molecule has 0 saturated heterocycles. The van der Waals surface area contributed by atoms with E-state index in [1.165, 1.54) is 4.90 Å². The third-order valence-electron chi connectivity index (χ3n) is 7.24. The zero-order chi connectivity index (χ0) is 26.6. The van der Waals surface area contributed by atoms with Gasteiger partial charge in [-0.1, -0.05) is 84.9 Å². The van der Waals surface area contributed by atoms with Gasteiger partial charge >= 0.3 is 5.97 Å². The molecule has 0 bridgehead atoms. The van der Waals surface area contributed by atoms with E-state index >= 15 is 0 Å². The van der Waals surface area contributed by atoms with E-state index in [4.69, 9.17) is 4.74 Å². The van der Waals surface area contributed by atoms with E-state index in [1.807, 2.05) is 115 Å². The van der Waals surface area contributed by atoms with Crippen molar-refractivity contribution in [3.63, 3.8) is 0 Å². The van der Waals surface area contributed by atoms with Crippen LogP contribution in [0.4, 0.5) is 11.4 Å². The molecule has 0 radical (unpaired) electrons. The molecular formula is C32H30N2O4. The van der Waals surface area contributed by atoms with E-state index < -0.39 is 17.9 Å². The molecule has 0 aliphatic carbocycles. The lowest BCUT2D eigenvalue weighted by molar-refractivity contribution is -0.151. The van der Waals surface area contributed by atoms with E-state index in [2.05, 4.69) is 0 Å². The minimum absolute atomic E-state index is 0.177.